The quantitative estimate of drug-likeness (QED) is 0.792. The number of methoxy groups -OCH3 is 1. The molecular weight excluding hydrogens is 264 g/mol. The van der Waals surface area contributed by atoms with Gasteiger partial charge in [-0.05, 0) is 23.1 Å². The topological polar surface area (TPSA) is 35.5 Å². The molecule has 4 rings (SSSR count). The minimum Gasteiger partial charge on any atom is -0.469 e. The van der Waals surface area contributed by atoms with Crippen LogP contribution in [0.2, 0.25) is 0 Å². The monoisotopic (exact) mass is 280 g/mol. The molecule has 0 spiro atoms. The number of carbonyl (C=O) groups excluding carboxylic acids is 1. The lowest BCUT2D eigenvalue weighted by molar-refractivity contribution is -0.150. The molecule has 1 fully saturated rings. The minimum atomic E-state index is -0.699. The van der Waals surface area contributed by atoms with Crippen LogP contribution in [0.5, 0.6) is 0 Å². The van der Waals surface area contributed by atoms with Gasteiger partial charge in [-0.15, -0.1) is 0 Å². The molecule has 0 unspecified atom stereocenters. The number of ether oxygens (including phenoxy) is 2. The van der Waals surface area contributed by atoms with E-state index in [9.17, 15) is 4.79 Å². The molecule has 3 nitrogen and oxygen atoms in total. The molecule has 3 heteroatoms. The molecule has 2 bridgehead atoms. The maximum absolute atomic E-state index is 12.3. The molecule has 1 saturated heterocycles. The van der Waals surface area contributed by atoms with Gasteiger partial charge in [0.25, 0.3) is 0 Å². The number of rotatable bonds is 2. The Morgan fingerprint density at radius 3 is 2.62 bits per heavy atom. The van der Waals surface area contributed by atoms with E-state index in [1.165, 1.54) is 12.7 Å². The SMILES string of the molecule is COC(=O)[C@H]1C[C@@H]2O[C@@]1(c1ccccc1)c1ccccc12. The first-order chi connectivity index (χ1) is 10.3. The van der Waals surface area contributed by atoms with Crippen molar-refractivity contribution in [1.29, 1.82) is 0 Å². The Bertz CT molecular complexity index is 695. The van der Waals surface area contributed by atoms with Crippen LogP contribution < -0.4 is 0 Å². The lowest BCUT2D eigenvalue weighted by atomic mass is 9.71. The molecule has 0 aromatic heterocycles. The second-order valence-corrected chi connectivity index (χ2v) is 5.61. The molecule has 2 aliphatic heterocycles. The summed E-state index contributed by atoms with van der Waals surface area (Å²) in [6.45, 7) is 0. The fourth-order valence-electron chi connectivity index (χ4n) is 3.81. The van der Waals surface area contributed by atoms with E-state index in [0.29, 0.717) is 6.42 Å². The molecule has 0 N–H and O–H groups in total. The molecule has 2 aromatic rings. The second-order valence-electron chi connectivity index (χ2n) is 5.61. The summed E-state index contributed by atoms with van der Waals surface area (Å²) in [6.07, 6.45) is 0.656. The third-order valence-corrected chi connectivity index (χ3v) is 4.66. The summed E-state index contributed by atoms with van der Waals surface area (Å²) in [5, 5.41) is 0. The smallest absolute Gasteiger partial charge is 0.312 e. The molecule has 0 aliphatic carbocycles. The Morgan fingerprint density at radius 2 is 1.86 bits per heavy atom. The number of fused-ring (bicyclic) bond motifs is 5. The van der Waals surface area contributed by atoms with E-state index in [4.69, 9.17) is 9.47 Å². The van der Waals surface area contributed by atoms with Crippen LogP contribution in [0.1, 0.15) is 29.2 Å². The first kappa shape index (κ1) is 12.6. The fourth-order valence-corrected chi connectivity index (χ4v) is 3.81. The average molecular weight is 280 g/mol. The van der Waals surface area contributed by atoms with E-state index >= 15 is 0 Å². The van der Waals surface area contributed by atoms with Crippen molar-refractivity contribution in [3.8, 4) is 0 Å². The van der Waals surface area contributed by atoms with Crippen LogP contribution in [-0.4, -0.2) is 13.1 Å². The third kappa shape index (κ3) is 1.55. The Labute approximate surface area is 123 Å². The van der Waals surface area contributed by atoms with Crippen molar-refractivity contribution >= 4 is 5.97 Å². The zero-order chi connectivity index (χ0) is 14.4. The Kier molecular flexibility index (Phi) is 2.66. The van der Waals surface area contributed by atoms with Crippen molar-refractivity contribution in [3.63, 3.8) is 0 Å². The first-order valence-electron chi connectivity index (χ1n) is 7.18. The Morgan fingerprint density at radius 1 is 1.14 bits per heavy atom. The maximum atomic E-state index is 12.3. The maximum Gasteiger partial charge on any atom is 0.312 e. The van der Waals surface area contributed by atoms with Crippen LogP contribution >= 0.6 is 0 Å². The molecule has 21 heavy (non-hydrogen) atoms. The zero-order valence-corrected chi connectivity index (χ0v) is 11.8. The number of esters is 1. The summed E-state index contributed by atoms with van der Waals surface area (Å²) in [4.78, 5) is 12.3. The predicted molar refractivity (Wildman–Crippen MR) is 77.6 cm³/mol. The van der Waals surface area contributed by atoms with E-state index < -0.39 is 5.60 Å². The molecule has 0 saturated carbocycles. The van der Waals surface area contributed by atoms with Crippen LogP contribution in [0.3, 0.4) is 0 Å². The van der Waals surface area contributed by atoms with Crippen molar-refractivity contribution < 1.29 is 14.3 Å². The molecule has 106 valence electrons. The van der Waals surface area contributed by atoms with Crippen molar-refractivity contribution in [2.45, 2.75) is 18.1 Å². The highest BCUT2D eigenvalue weighted by atomic mass is 16.5. The zero-order valence-electron chi connectivity index (χ0n) is 11.8. The number of carbonyl (C=O) groups is 1. The van der Waals surface area contributed by atoms with Crippen molar-refractivity contribution in [3.05, 3.63) is 71.3 Å². The van der Waals surface area contributed by atoms with Crippen molar-refractivity contribution in [1.82, 2.24) is 0 Å². The third-order valence-electron chi connectivity index (χ3n) is 4.66. The van der Waals surface area contributed by atoms with Crippen LogP contribution in [0, 0.1) is 5.92 Å². The summed E-state index contributed by atoms with van der Waals surface area (Å²) >= 11 is 0. The predicted octanol–water partition coefficient (Wildman–Crippen LogP) is 3.19. The van der Waals surface area contributed by atoms with Crippen LogP contribution in [0.4, 0.5) is 0 Å². The molecule has 0 amide bonds. The number of hydrogen-bond acceptors (Lipinski definition) is 3. The van der Waals surface area contributed by atoms with Gasteiger partial charge in [-0.1, -0.05) is 54.6 Å². The van der Waals surface area contributed by atoms with E-state index in [2.05, 4.69) is 12.1 Å². The fraction of sp³-hybridized carbons (Fsp3) is 0.278. The van der Waals surface area contributed by atoms with E-state index in [0.717, 1.165) is 11.1 Å². The van der Waals surface area contributed by atoms with Gasteiger partial charge < -0.3 is 9.47 Å². The first-order valence-corrected chi connectivity index (χ1v) is 7.18. The van der Waals surface area contributed by atoms with Gasteiger partial charge in [-0.3, -0.25) is 4.79 Å². The number of benzene rings is 2. The van der Waals surface area contributed by atoms with Gasteiger partial charge >= 0.3 is 5.97 Å². The molecule has 2 aromatic carbocycles. The normalized spacial score (nSPS) is 29.2. The average Bonchev–Trinajstić information content (AvgIpc) is 3.11. The van der Waals surface area contributed by atoms with Gasteiger partial charge in [-0.25, -0.2) is 0 Å². The summed E-state index contributed by atoms with van der Waals surface area (Å²) in [5.41, 5.74) is 2.62. The minimum absolute atomic E-state index is 0.0227. The highest BCUT2D eigenvalue weighted by Crippen LogP contribution is 2.60. The van der Waals surface area contributed by atoms with Crippen LogP contribution in [0.15, 0.2) is 54.6 Å². The van der Waals surface area contributed by atoms with Gasteiger partial charge in [0.15, 0.2) is 0 Å². The largest absolute Gasteiger partial charge is 0.469 e. The summed E-state index contributed by atoms with van der Waals surface area (Å²) in [6, 6.07) is 18.2. The van der Waals surface area contributed by atoms with E-state index in [1.54, 1.807) is 0 Å². The summed E-state index contributed by atoms with van der Waals surface area (Å²) < 4.78 is 11.4. The molecule has 2 aliphatic rings. The summed E-state index contributed by atoms with van der Waals surface area (Å²) in [5.74, 6) is -0.486. The molecule has 0 radical (unpaired) electrons. The highest BCUT2D eigenvalue weighted by molar-refractivity contribution is 5.77. The summed E-state index contributed by atoms with van der Waals surface area (Å²) in [7, 11) is 1.44. The molecule has 3 atom stereocenters. The highest BCUT2D eigenvalue weighted by Gasteiger charge is 2.60. The van der Waals surface area contributed by atoms with Crippen LogP contribution in [-0.2, 0) is 19.9 Å². The molecular formula is C18H16O3. The Hall–Kier alpha value is -2.13. The van der Waals surface area contributed by atoms with Crippen molar-refractivity contribution in [2.75, 3.05) is 7.11 Å². The van der Waals surface area contributed by atoms with Gasteiger partial charge in [0.2, 0.25) is 0 Å². The van der Waals surface area contributed by atoms with E-state index in [1.807, 2.05) is 42.5 Å². The van der Waals surface area contributed by atoms with Gasteiger partial charge in [0.1, 0.15) is 5.60 Å². The van der Waals surface area contributed by atoms with Crippen molar-refractivity contribution in [2.24, 2.45) is 5.92 Å². The standard InChI is InChI=1S/C18H16O3/c1-20-17(19)15-11-16-13-9-5-6-10-14(13)18(15,21-16)12-7-3-2-4-8-12/h2-10,15-16H,11H2,1H3/t15-,16+,18+/m1/s1. The lowest BCUT2D eigenvalue weighted by Gasteiger charge is -2.33. The number of hydrogen-bond donors (Lipinski definition) is 0. The Balaban J connectivity index is 1.96. The van der Waals surface area contributed by atoms with Gasteiger partial charge in [0.05, 0.1) is 19.1 Å². The van der Waals surface area contributed by atoms with E-state index in [-0.39, 0.29) is 18.0 Å². The second kappa shape index (κ2) is 4.43. The van der Waals surface area contributed by atoms with Gasteiger partial charge in [-0.2, -0.15) is 0 Å². The molecule has 2 heterocycles. The van der Waals surface area contributed by atoms with Crippen LogP contribution in [0.25, 0.3) is 0 Å². The lowest BCUT2D eigenvalue weighted by Crippen LogP contribution is -2.38. The van der Waals surface area contributed by atoms with Gasteiger partial charge in [0, 0.05) is 0 Å².